The predicted molar refractivity (Wildman–Crippen MR) is 67.3 cm³/mol. The maximum absolute atomic E-state index is 12.0. The summed E-state index contributed by atoms with van der Waals surface area (Å²) in [6.07, 6.45) is 5.75. The topological polar surface area (TPSA) is 66.6 Å². The van der Waals surface area contributed by atoms with Crippen LogP contribution in [0.25, 0.3) is 5.53 Å². The van der Waals surface area contributed by atoms with Gasteiger partial charge in [-0.05, 0) is 24.5 Å². The summed E-state index contributed by atoms with van der Waals surface area (Å²) in [5.74, 6) is 0.501. The zero-order valence-corrected chi connectivity index (χ0v) is 10.6. The number of hydrogen-bond donors (Lipinski definition) is 0. The molecule has 0 amide bonds. The van der Waals surface area contributed by atoms with Crippen LogP contribution in [0, 0.1) is 18.3 Å². The maximum atomic E-state index is 12.0. The summed E-state index contributed by atoms with van der Waals surface area (Å²) in [6, 6.07) is 0. The highest BCUT2D eigenvalue weighted by atomic mass is 16.3. The number of nitrogens with zero attached hydrogens (tertiary/aromatic N) is 2. The first-order valence-electron chi connectivity index (χ1n) is 5.92. The normalized spacial score (nSPS) is 26.0. The lowest BCUT2D eigenvalue weighted by Crippen LogP contribution is -2.39. The van der Waals surface area contributed by atoms with Gasteiger partial charge >= 0.3 is 6.21 Å². The van der Waals surface area contributed by atoms with Crippen LogP contribution in [-0.2, 0) is 17.6 Å². The highest BCUT2D eigenvalue weighted by molar-refractivity contribution is 6.26. The van der Waals surface area contributed by atoms with Gasteiger partial charge in [-0.2, -0.15) is 4.79 Å². The van der Waals surface area contributed by atoms with Gasteiger partial charge in [-0.15, -0.1) is 6.58 Å². The molecule has 1 aromatic rings. The Labute approximate surface area is 106 Å². The summed E-state index contributed by atoms with van der Waals surface area (Å²) in [7, 11) is 0. The Morgan fingerprint density at radius 2 is 2.44 bits per heavy atom. The molecular formula is C14H16N2O2. The molecule has 0 spiro atoms. The van der Waals surface area contributed by atoms with E-state index in [2.05, 4.69) is 11.4 Å². The van der Waals surface area contributed by atoms with Crippen LogP contribution >= 0.6 is 0 Å². The number of carbonyl (C=O) groups excluding carboxylic acids is 1. The molecule has 0 N–H and O–H groups in total. The van der Waals surface area contributed by atoms with Crippen LogP contribution in [0.2, 0.25) is 0 Å². The Balaban J connectivity index is 2.45. The molecular weight excluding hydrogens is 228 g/mol. The average Bonchev–Trinajstić information content (AvgIpc) is 2.69. The van der Waals surface area contributed by atoms with Gasteiger partial charge in [0.1, 0.15) is 5.76 Å². The summed E-state index contributed by atoms with van der Waals surface area (Å²) in [4.78, 5) is 14.9. The van der Waals surface area contributed by atoms with Gasteiger partial charge in [-0.3, -0.25) is 4.79 Å². The van der Waals surface area contributed by atoms with Crippen LogP contribution in [0.3, 0.4) is 0 Å². The van der Waals surface area contributed by atoms with Crippen molar-refractivity contribution in [2.24, 2.45) is 11.3 Å². The lowest BCUT2D eigenvalue weighted by atomic mass is 9.65. The Bertz CT molecular complexity index is 552. The third-order valence-electron chi connectivity index (χ3n) is 3.93. The molecule has 0 bridgehead atoms. The van der Waals surface area contributed by atoms with Crippen molar-refractivity contribution >= 4 is 12.0 Å². The van der Waals surface area contributed by atoms with Crippen LogP contribution in [-0.4, -0.2) is 16.8 Å². The van der Waals surface area contributed by atoms with Gasteiger partial charge < -0.3 is 9.95 Å². The van der Waals surface area contributed by atoms with Gasteiger partial charge in [0.25, 0.3) is 0 Å². The average molecular weight is 244 g/mol. The largest absolute Gasteiger partial charge is 0.469 e. The van der Waals surface area contributed by atoms with Gasteiger partial charge in [0.2, 0.25) is 5.78 Å². The number of allylic oxidation sites excluding steroid dienone is 1. The van der Waals surface area contributed by atoms with Gasteiger partial charge in [-0.1, -0.05) is 13.0 Å². The second-order valence-electron chi connectivity index (χ2n) is 5.11. The SMILES string of the molecule is C=C[C@]1(C)Cc2occ(C)c2C[C@H]1C(=O)C=[N+]=[N-]. The van der Waals surface area contributed by atoms with Gasteiger partial charge in [0.05, 0.1) is 6.26 Å². The van der Waals surface area contributed by atoms with Gasteiger partial charge in [0, 0.05) is 17.8 Å². The van der Waals surface area contributed by atoms with E-state index in [0.717, 1.165) is 23.1 Å². The summed E-state index contributed by atoms with van der Waals surface area (Å²) >= 11 is 0. The van der Waals surface area contributed by atoms with Crippen LogP contribution in [0.4, 0.5) is 0 Å². The van der Waals surface area contributed by atoms with E-state index < -0.39 is 0 Å². The molecule has 94 valence electrons. The molecule has 0 saturated carbocycles. The summed E-state index contributed by atoms with van der Waals surface area (Å²) in [5, 5.41) is 0. The zero-order valence-electron chi connectivity index (χ0n) is 10.6. The van der Waals surface area contributed by atoms with Crippen LogP contribution < -0.4 is 0 Å². The third kappa shape index (κ3) is 1.85. The standard InChI is InChI=1S/C14H16N2O2/c1-4-14(3)6-13-10(9(2)8-18-13)5-11(14)12(17)7-16-15/h4,7-8,11H,1,5-6H2,2-3H3/t11-,14+/m0/s1. The Morgan fingerprint density at radius 1 is 1.72 bits per heavy atom. The lowest BCUT2D eigenvalue weighted by Gasteiger charge is -2.36. The van der Waals surface area contributed by atoms with Crippen molar-refractivity contribution in [1.29, 1.82) is 0 Å². The fourth-order valence-electron chi connectivity index (χ4n) is 2.64. The van der Waals surface area contributed by atoms with Crippen molar-refractivity contribution in [3.8, 4) is 0 Å². The maximum Gasteiger partial charge on any atom is 0.323 e. The lowest BCUT2D eigenvalue weighted by molar-refractivity contribution is -0.122. The van der Waals surface area contributed by atoms with E-state index in [4.69, 9.17) is 9.95 Å². The Kier molecular flexibility index (Phi) is 3.05. The quantitative estimate of drug-likeness (QED) is 0.354. The second-order valence-corrected chi connectivity index (χ2v) is 5.11. The smallest absolute Gasteiger partial charge is 0.323 e. The van der Waals surface area contributed by atoms with Crippen molar-refractivity contribution < 1.29 is 14.0 Å². The predicted octanol–water partition coefficient (Wildman–Crippen LogP) is 2.36. The highest BCUT2D eigenvalue weighted by Crippen LogP contribution is 2.42. The minimum atomic E-state index is -0.366. The Hall–Kier alpha value is -1.93. The molecule has 4 heteroatoms. The number of carbonyl (C=O) groups is 1. The molecule has 0 saturated heterocycles. The molecule has 1 aromatic heterocycles. The van der Waals surface area contributed by atoms with E-state index in [-0.39, 0.29) is 17.1 Å². The fourth-order valence-corrected chi connectivity index (χ4v) is 2.64. The monoisotopic (exact) mass is 244 g/mol. The summed E-state index contributed by atoms with van der Waals surface area (Å²) in [5.41, 5.74) is 10.3. The number of aryl methyl sites for hydroxylation is 1. The molecule has 1 aliphatic rings. The summed E-state index contributed by atoms with van der Waals surface area (Å²) < 4.78 is 5.53. The number of Topliss-reactive ketones (excluding diaryl/α,β-unsaturated/α-hetero) is 1. The van der Waals surface area contributed by atoms with Crippen LogP contribution in [0.1, 0.15) is 23.8 Å². The number of furan rings is 1. The van der Waals surface area contributed by atoms with E-state index in [0.29, 0.717) is 12.8 Å². The van der Waals surface area contributed by atoms with E-state index in [1.54, 1.807) is 12.3 Å². The van der Waals surface area contributed by atoms with Crippen molar-refractivity contribution in [3.63, 3.8) is 0 Å². The first-order valence-corrected chi connectivity index (χ1v) is 5.92. The minimum Gasteiger partial charge on any atom is -0.469 e. The molecule has 1 heterocycles. The van der Waals surface area contributed by atoms with E-state index in [1.165, 1.54) is 0 Å². The molecule has 0 radical (unpaired) electrons. The van der Waals surface area contributed by atoms with Gasteiger partial charge in [0.15, 0.2) is 0 Å². The Morgan fingerprint density at radius 3 is 3.06 bits per heavy atom. The number of ketones is 1. The zero-order chi connectivity index (χ0) is 13.3. The molecule has 0 aromatic carbocycles. The number of rotatable bonds is 3. The van der Waals surface area contributed by atoms with Gasteiger partial charge in [-0.25, -0.2) is 0 Å². The van der Waals surface area contributed by atoms with Crippen molar-refractivity contribution in [2.45, 2.75) is 26.7 Å². The molecule has 18 heavy (non-hydrogen) atoms. The van der Waals surface area contributed by atoms with Crippen molar-refractivity contribution in [1.82, 2.24) is 0 Å². The van der Waals surface area contributed by atoms with Crippen LogP contribution in [0.15, 0.2) is 23.3 Å². The first kappa shape index (κ1) is 12.5. The summed E-state index contributed by atoms with van der Waals surface area (Å²) in [6.45, 7) is 7.78. The van der Waals surface area contributed by atoms with Crippen LogP contribution in [0.5, 0.6) is 0 Å². The minimum absolute atomic E-state index is 0.175. The molecule has 4 nitrogen and oxygen atoms in total. The highest BCUT2D eigenvalue weighted by Gasteiger charge is 2.43. The second kappa shape index (κ2) is 4.39. The molecule has 0 unspecified atom stereocenters. The first-order chi connectivity index (χ1) is 8.51. The molecule has 2 atom stereocenters. The van der Waals surface area contributed by atoms with E-state index in [9.17, 15) is 4.79 Å². The number of fused-ring (bicyclic) bond motifs is 1. The third-order valence-corrected chi connectivity index (χ3v) is 3.93. The molecule has 1 aliphatic carbocycles. The molecule has 0 aliphatic heterocycles. The fraction of sp³-hybridized carbons (Fsp3) is 0.429. The van der Waals surface area contributed by atoms with E-state index >= 15 is 0 Å². The van der Waals surface area contributed by atoms with Crippen molar-refractivity contribution in [2.75, 3.05) is 0 Å². The van der Waals surface area contributed by atoms with Crippen molar-refractivity contribution in [3.05, 3.63) is 41.3 Å². The number of hydrogen-bond acceptors (Lipinski definition) is 2. The molecule has 2 rings (SSSR count). The molecule has 0 fully saturated rings. The van der Waals surface area contributed by atoms with E-state index in [1.807, 2.05) is 13.8 Å².